The third-order valence-electron chi connectivity index (χ3n) is 3.58. The molecule has 0 amide bonds. The number of thioether (sulfide) groups is 1. The standard InChI is InChI=1S/C16H18N4O3S/c1-21-10-4-5-12(22-2)11(6-10)18-7-9-8-23-15-13(9)14(17)19-16(20-15)24-3/h4-6,8,18H,7H2,1-3H3,(H2,17,19,20). The van der Waals surface area contributed by atoms with E-state index in [4.69, 9.17) is 19.6 Å². The molecule has 0 radical (unpaired) electrons. The van der Waals surface area contributed by atoms with Crippen LogP contribution in [-0.4, -0.2) is 30.4 Å². The summed E-state index contributed by atoms with van der Waals surface area (Å²) in [4.78, 5) is 8.59. The van der Waals surface area contributed by atoms with Crippen LogP contribution in [0, 0.1) is 0 Å². The van der Waals surface area contributed by atoms with E-state index in [2.05, 4.69) is 15.3 Å². The zero-order valence-electron chi connectivity index (χ0n) is 13.6. The first-order valence-corrected chi connectivity index (χ1v) is 8.42. The smallest absolute Gasteiger partial charge is 0.232 e. The quantitative estimate of drug-likeness (QED) is 0.519. The van der Waals surface area contributed by atoms with Crippen LogP contribution in [0.3, 0.4) is 0 Å². The molecule has 7 nitrogen and oxygen atoms in total. The molecule has 0 unspecified atom stereocenters. The van der Waals surface area contributed by atoms with Gasteiger partial charge in [-0.2, -0.15) is 4.98 Å². The molecule has 0 spiro atoms. The number of hydrogen-bond acceptors (Lipinski definition) is 8. The normalized spacial score (nSPS) is 10.8. The second-order valence-electron chi connectivity index (χ2n) is 4.96. The van der Waals surface area contributed by atoms with Crippen LogP contribution in [0.4, 0.5) is 11.5 Å². The molecule has 8 heteroatoms. The lowest BCUT2D eigenvalue weighted by Crippen LogP contribution is -2.03. The largest absolute Gasteiger partial charge is 0.497 e. The van der Waals surface area contributed by atoms with Crippen molar-refractivity contribution in [1.29, 1.82) is 0 Å². The molecule has 2 aromatic heterocycles. The van der Waals surface area contributed by atoms with Crippen molar-refractivity contribution in [2.45, 2.75) is 11.7 Å². The number of nitrogens with two attached hydrogens (primary N) is 1. The number of aromatic nitrogens is 2. The molecule has 0 saturated carbocycles. The molecule has 126 valence electrons. The molecule has 0 bridgehead atoms. The summed E-state index contributed by atoms with van der Waals surface area (Å²) < 4.78 is 16.1. The fourth-order valence-electron chi connectivity index (χ4n) is 2.37. The highest BCUT2D eigenvalue weighted by Gasteiger charge is 2.14. The molecule has 1 aromatic carbocycles. The zero-order valence-corrected chi connectivity index (χ0v) is 14.4. The highest BCUT2D eigenvalue weighted by Crippen LogP contribution is 2.31. The molecular weight excluding hydrogens is 328 g/mol. The van der Waals surface area contributed by atoms with E-state index in [1.807, 2.05) is 24.5 Å². The second-order valence-corrected chi connectivity index (χ2v) is 5.73. The van der Waals surface area contributed by atoms with Crippen LogP contribution in [0.15, 0.2) is 34.0 Å². The Balaban J connectivity index is 1.89. The number of nitrogens with zero attached hydrogens (tertiary/aromatic N) is 2. The first kappa shape index (κ1) is 16.3. The van der Waals surface area contributed by atoms with E-state index in [0.29, 0.717) is 23.2 Å². The van der Waals surface area contributed by atoms with Crippen molar-refractivity contribution >= 4 is 34.4 Å². The summed E-state index contributed by atoms with van der Waals surface area (Å²) in [6, 6.07) is 5.55. The first-order valence-electron chi connectivity index (χ1n) is 7.19. The van der Waals surface area contributed by atoms with Crippen molar-refractivity contribution in [2.75, 3.05) is 31.5 Å². The van der Waals surface area contributed by atoms with Crippen LogP contribution in [0.25, 0.3) is 11.1 Å². The number of anilines is 2. The summed E-state index contributed by atoms with van der Waals surface area (Å²) in [7, 11) is 3.24. The first-order chi connectivity index (χ1) is 11.7. The molecule has 0 saturated heterocycles. The summed E-state index contributed by atoms with van der Waals surface area (Å²) in [6.07, 6.45) is 3.53. The fraction of sp³-hybridized carbons (Fsp3) is 0.250. The molecule has 0 aliphatic rings. The Kier molecular flexibility index (Phi) is 4.66. The van der Waals surface area contributed by atoms with Crippen molar-refractivity contribution in [3.63, 3.8) is 0 Å². The van der Waals surface area contributed by atoms with Crippen LogP contribution in [0.1, 0.15) is 5.56 Å². The minimum atomic E-state index is 0.410. The van der Waals surface area contributed by atoms with Gasteiger partial charge in [0.1, 0.15) is 17.3 Å². The second kappa shape index (κ2) is 6.88. The Hall–Kier alpha value is -2.61. The van der Waals surface area contributed by atoms with E-state index in [1.54, 1.807) is 20.5 Å². The topological polar surface area (TPSA) is 95.4 Å². The van der Waals surface area contributed by atoms with Gasteiger partial charge in [-0.05, 0) is 18.4 Å². The van der Waals surface area contributed by atoms with Crippen molar-refractivity contribution in [3.8, 4) is 11.5 Å². The van der Waals surface area contributed by atoms with E-state index < -0.39 is 0 Å². The van der Waals surface area contributed by atoms with Crippen molar-refractivity contribution in [1.82, 2.24) is 9.97 Å². The minimum Gasteiger partial charge on any atom is -0.497 e. The van der Waals surface area contributed by atoms with Crippen LogP contribution in [0.2, 0.25) is 0 Å². The summed E-state index contributed by atoms with van der Waals surface area (Å²) >= 11 is 1.42. The maximum absolute atomic E-state index is 6.05. The minimum absolute atomic E-state index is 0.410. The highest BCUT2D eigenvalue weighted by atomic mass is 32.2. The molecule has 2 heterocycles. The molecule has 0 aliphatic carbocycles. The van der Waals surface area contributed by atoms with Crippen molar-refractivity contribution < 1.29 is 13.9 Å². The lowest BCUT2D eigenvalue weighted by Gasteiger charge is -2.12. The number of fused-ring (bicyclic) bond motifs is 1. The van der Waals surface area contributed by atoms with E-state index in [-0.39, 0.29) is 0 Å². The number of benzene rings is 1. The van der Waals surface area contributed by atoms with Gasteiger partial charge in [-0.15, -0.1) is 0 Å². The van der Waals surface area contributed by atoms with Gasteiger partial charge in [0.2, 0.25) is 5.71 Å². The Morgan fingerprint density at radius 1 is 1.25 bits per heavy atom. The predicted molar refractivity (Wildman–Crippen MR) is 94.9 cm³/mol. The van der Waals surface area contributed by atoms with Gasteiger partial charge in [-0.3, -0.25) is 0 Å². The lowest BCUT2D eigenvalue weighted by atomic mass is 10.2. The molecule has 3 aromatic rings. The maximum Gasteiger partial charge on any atom is 0.232 e. The average molecular weight is 346 g/mol. The Morgan fingerprint density at radius 3 is 2.79 bits per heavy atom. The van der Waals surface area contributed by atoms with Crippen LogP contribution in [0.5, 0.6) is 11.5 Å². The van der Waals surface area contributed by atoms with Crippen molar-refractivity contribution in [2.24, 2.45) is 0 Å². The number of ether oxygens (including phenoxy) is 2. The monoisotopic (exact) mass is 346 g/mol. The zero-order chi connectivity index (χ0) is 17.1. The van der Waals surface area contributed by atoms with Gasteiger partial charge in [0, 0.05) is 18.2 Å². The highest BCUT2D eigenvalue weighted by molar-refractivity contribution is 7.98. The molecule has 0 atom stereocenters. The van der Waals surface area contributed by atoms with Crippen LogP contribution < -0.4 is 20.5 Å². The third kappa shape index (κ3) is 3.05. The predicted octanol–water partition coefficient (Wildman–Crippen LogP) is 3.16. The SMILES string of the molecule is COc1ccc(OC)c(NCc2coc3nc(SC)nc(N)c23)c1. The van der Waals surface area contributed by atoms with Gasteiger partial charge >= 0.3 is 0 Å². The number of methoxy groups -OCH3 is 2. The molecule has 24 heavy (non-hydrogen) atoms. The van der Waals surface area contributed by atoms with Gasteiger partial charge in [0.15, 0.2) is 5.16 Å². The lowest BCUT2D eigenvalue weighted by molar-refractivity contribution is 0.404. The summed E-state index contributed by atoms with van der Waals surface area (Å²) in [5.74, 6) is 1.87. The van der Waals surface area contributed by atoms with E-state index in [1.165, 1.54) is 11.8 Å². The summed E-state index contributed by atoms with van der Waals surface area (Å²) in [6.45, 7) is 0.489. The molecule has 0 aliphatic heterocycles. The summed E-state index contributed by atoms with van der Waals surface area (Å²) in [5, 5.41) is 4.62. The van der Waals surface area contributed by atoms with Gasteiger partial charge in [0.05, 0.1) is 31.6 Å². The number of nitrogens with one attached hydrogen (secondary N) is 1. The summed E-state index contributed by atoms with van der Waals surface area (Å²) in [5.41, 5.74) is 8.23. The van der Waals surface area contributed by atoms with E-state index in [0.717, 1.165) is 28.1 Å². The van der Waals surface area contributed by atoms with E-state index in [9.17, 15) is 0 Å². The van der Waals surface area contributed by atoms with Crippen molar-refractivity contribution in [3.05, 3.63) is 30.0 Å². The van der Waals surface area contributed by atoms with Gasteiger partial charge < -0.3 is 24.9 Å². The van der Waals surface area contributed by atoms with E-state index >= 15 is 0 Å². The third-order valence-corrected chi connectivity index (χ3v) is 4.12. The number of rotatable bonds is 6. The number of hydrogen-bond donors (Lipinski definition) is 2. The molecular formula is C16H18N4O3S. The Labute approximate surface area is 143 Å². The maximum atomic E-state index is 6.05. The fourth-order valence-corrected chi connectivity index (χ4v) is 2.74. The Bertz CT molecular complexity index is 866. The van der Waals surface area contributed by atoms with Gasteiger partial charge in [-0.25, -0.2) is 4.98 Å². The van der Waals surface area contributed by atoms with Crippen LogP contribution in [-0.2, 0) is 6.54 Å². The molecule has 3 rings (SSSR count). The number of nitrogen functional groups attached to an aromatic ring is 1. The van der Waals surface area contributed by atoms with Crippen LogP contribution >= 0.6 is 11.8 Å². The molecule has 0 fully saturated rings. The van der Waals surface area contributed by atoms with Gasteiger partial charge in [0.25, 0.3) is 0 Å². The Morgan fingerprint density at radius 2 is 2.08 bits per heavy atom. The number of furan rings is 1. The molecule has 3 N–H and O–H groups in total. The van der Waals surface area contributed by atoms with Gasteiger partial charge in [-0.1, -0.05) is 11.8 Å². The average Bonchev–Trinajstić information content (AvgIpc) is 3.03.